The number of benzene rings is 1. The predicted octanol–water partition coefficient (Wildman–Crippen LogP) is 1.58. The molecule has 4 heteroatoms. The van der Waals surface area contributed by atoms with Gasteiger partial charge in [-0.3, -0.25) is 9.59 Å². The Bertz CT molecular complexity index is 358. The first kappa shape index (κ1) is 11.2. The van der Waals surface area contributed by atoms with E-state index in [2.05, 4.69) is 0 Å². The lowest BCUT2D eigenvalue weighted by Crippen LogP contribution is -2.25. The van der Waals surface area contributed by atoms with Gasteiger partial charge in [0, 0.05) is 0 Å². The van der Waals surface area contributed by atoms with Crippen molar-refractivity contribution in [2.45, 2.75) is 12.8 Å². The zero-order chi connectivity index (χ0) is 11.4. The molecule has 15 heavy (non-hydrogen) atoms. The van der Waals surface area contributed by atoms with Crippen molar-refractivity contribution in [3.05, 3.63) is 35.9 Å². The maximum Gasteiger partial charge on any atom is 0.311 e. The molecule has 0 unspecified atom stereocenters. The summed E-state index contributed by atoms with van der Waals surface area (Å²) >= 11 is 0. The molecule has 0 saturated carbocycles. The molecule has 0 radical (unpaired) electrons. The highest BCUT2D eigenvalue weighted by molar-refractivity contribution is 5.84. The number of carboxylic acids is 2. The second-order valence-electron chi connectivity index (χ2n) is 3.35. The fourth-order valence-electron chi connectivity index (χ4n) is 1.45. The molecule has 0 heterocycles. The molecule has 80 valence electrons. The van der Waals surface area contributed by atoms with E-state index in [0.29, 0.717) is 5.56 Å². The van der Waals surface area contributed by atoms with Gasteiger partial charge in [0.15, 0.2) is 0 Å². The van der Waals surface area contributed by atoms with E-state index in [1.165, 1.54) is 6.92 Å². The van der Waals surface area contributed by atoms with Crippen LogP contribution >= 0.6 is 0 Å². The van der Waals surface area contributed by atoms with Gasteiger partial charge in [-0.1, -0.05) is 37.3 Å². The molecule has 0 fully saturated rings. The zero-order valence-corrected chi connectivity index (χ0v) is 8.25. The third-order valence-corrected chi connectivity index (χ3v) is 2.31. The SMILES string of the molecule is C[C@H](C(=O)O)[C@H](C(=O)O)c1ccccc1. The van der Waals surface area contributed by atoms with Crippen molar-refractivity contribution in [2.75, 3.05) is 0 Å². The van der Waals surface area contributed by atoms with Gasteiger partial charge in [-0.05, 0) is 5.56 Å². The Morgan fingerprint density at radius 1 is 1.07 bits per heavy atom. The van der Waals surface area contributed by atoms with Gasteiger partial charge in [0.1, 0.15) is 0 Å². The molecule has 2 atom stereocenters. The predicted molar refractivity (Wildman–Crippen MR) is 53.6 cm³/mol. The Morgan fingerprint density at radius 2 is 1.60 bits per heavy atom. The molecule has 0 aliphatic rings. The molecule has 0 aromatic heterocycles. The zero-order valence-electron chi connectivity index (χ0n) is 8.25. The number of hydrogen-bond acceptors (Lipinski definition) is 2. The van der Waals surface area contributed by atoms with Crippen LogP contribution in [0.4, 0.5) is 0 Å². The minimum absolute atomic E-state index is 0.514. The van der Waals surface area contributed by atoms with E-state index in [4.69, 9.17) is 10.2 Å². The largest absolute Gasteiger partial charge is 0.481 e. The van der Waals surface area contributed by atoms with E-state index in [1.807, 2.05) is 0 Å². The number of rotatable bonds is 4. The summed E-state index contributed by atoms with van der Waals surface area (Å²) in [6.07, 6.45) is 0. The summed E-state index contributed by atoms with van der Waals surface area (Å²) in [6, 6.07) is 8.39. The van der Waals surface area contributed by atoms with Crippen LogP contribution in [0.3, 0.4) is 0 Å². The Kier molecular flexibility index (Phi) is 3.44. The molecule has 0 amide bonds. The molecule has 1 aromatic rings. The molecular formula is C11H12O4. The van der Waals surface area contributed by atoms with Gasteiger partial charge in [0.05, 0.1) is 11.8 Å². The molecule has 1 aromatic carbocycles. The minimum atomic E-state index is -1.11. The van der Waals surface area contributed by atoms with Crippen LogP contribution in [0.25, 0.3) is 0 Å². The van der Waals surface area contributed by atoms with Crippen molar-refractivity contribution in [1.29, 1.82) is 0 Å². The first-order valence-corrected chi connectivity index (χ1v) is 4.54. The summed E-state index contributed by atoms with van der Waals surface area (Å²) in [7, 11) is 0. The first-order valence-electron chi connectivity index (χ1n) is 4.54. The van der Waals surface area contributed by atoms with Crippen LogP contribution in [-0.2, 0) is 9.59 Å². The van der Waals surface area contributed by atoms with Crippen molar-refractivity contribution < 1.29 is 19.8 Å². The quantitative estimate of drug-likeness (QED) is 0.787. The van der Waals surface area contributed by atoms with E-state index in [0.717, 1.165) is 0 Å². The summed E-state index contributed by atoms with van der Waals surface area (Å²) in [5, 5.41) is 17.8. The fourth-order valence-corrected chi connectivity index (χ4v) is 1.45. The average Bonchev–Trinajstić information content (AvgIpc) is 2.18. The van der Waals surface area contributed by atoms with Gasteiger partial charge in [-0.2, -0.15) is 0 Å². The normalized spacial score (nSPS) is 14.2. The summed E-state index contributed by atoms with van der Waals surface area (Å²) in [6.45, 7) is 1.40. The highest BCUT2D eigenvalue weighted by Gasteiger charge is 2.31. The van der Waals surface area contributed by atoms with Crippen LogP contribution in [0.1, 0.15) is 18.4 Å². The molecule has 0 bridgehead atoms. The van der Waals surface area contributed by atoms with Crippen molar-refractivity contribution in [3.63, 3.8) is 0 Å². The van der Waals surface area contributed by atoms with Crippen LogP contribution in [0.5, 0.6) is 0 Å². The molecule has 0 spiro atoms. The van der Waals surface area contributed by atoms with Crippen LogP contribution < -0.4 is 0 Å². The number of aliphatic carboxylic acids is 2. The lowest BCUT2D eigenvalue weighted by atomic mass is 9.87. The average molecular weight is 208 g/mol. The van der Waals surface area contributed by atoms with Gasteiger partial charge in [0.2, 0.25) is 0 Å². The Morgan fingerprint density at radius 3 is 2.00 bits per heavy atom. The van der Waals surface area contributed by atoms with Gasteiger partial charge < -0.3 is 10.2 Å². The van der Waals surface area contributed by atoms with Gasteiger partial charge in [-0.25, -0.2) is 0 Å². The van der Waals surface area contributed by atoms with Crippen molar-refractivity contribution in [2.24, 2.45) is 5.92 Å². The lowest BCUT2D eigenvalue weighted by molar-refractivity contribution is -0.149. The van der Waals surface area contributed by atoms with E-state index < -0.39 is 23.8 Å². The standard InChI is InChI=1S/C11H12O4/c1-7(10(12)13)9(11(14)15)8-5-3-2-4-6-8/h2-7,9H,1H3,(H,12,13)(H,14,15)/t7-,9-/m0/s1. The van der Waals surface area contributed by atoms with Crippen LogP contribution in [0, 0.1) is 5.92 Å². The highest BCUT2D eigenvalue weighted by Crippen LogP contribution is 2.24. The molecule has 1 rings (SSSR count). The Hall–Kier alpha value is -1.84. The molecule has 4 nitrogen and oxygen atoms in total. The van der Waals surface area contributed by atoms with Gasteiger partial charge >= 0.3 is 11.9 Å². The van der Waals surface area contributed by atoms with E-state index in [9.17, 15) is 9.59 Å². The number of carboxylic acid groups (broad SMARTS) is 2. The maximum absolute atomic E-state index is 11.0. The number of hydrogen-bond donors (Lipinski definition) is 2. The summed E-state index contributed by atoms with van der Waals surface area (Å²) in [4.78, 5) is 21.7. The lowest BCUT2D eigenvalue weighted by Gasteiger charge is -2.16. The fraction of sp³-hybridized carbons (Fsp3) is 0.273. The van der Waals surface area contributed by atoms with E-state index in [1.54, 1.807) is 30.3 Å². The smallest absolute Gasteiger partial charge is 0.311 e. The molecule has 0 saturated heterocycles. The van der Waals surface area contributed by atoms with Crippen molar-refractivity contribution in [1.82, 2.24) is 0 Å². The van der Waals surface area contributed by atoms with Crippen molar-refractivity contribution in [3.8, 4) is 0 Å². The van der Waals surface area contributed by atoms with E-state index >= 15 is 0 Å². The molecule has 2 N–H and O–H groups in total. The second kappa shape index (κ2) is 4.59. The Balaban J connectivity index is 3.04. The number of carbonyl (C=O) groups is 2. The van der Waals surface area contributed by atoms with Gasteiger partial charge in [0.25, 0.3) is 0 Å². The summed E-state index contributed by atoms with van der Waals surface area (Å²) < 4.78 is 0. The second-order valence-corrected chi connectivity index (χ2v) is 3.35. The molecule has 0 aliphatic carbocycles. The third-order valence-electron chi connectivity index (χ3n) is 2.31. The maximum atomic E-state index is 11.0. The third kappa shape index (κ3) is 2.56. The highest BCUT2D eigenvalue weighted by atomic mass is 16.4. The van der Waals surface area contributed by atoms with Crippen LogP contribution in [0.15, 0.2) is 30.3 Å². The van der Waals surface area contributed by atoms with Gasteiger partial charge in [-0.15, -0.1) is 0 Å². The van der Waals surface area contributed by atoms with Crippen LogP contribution in [0.2, 0.25) is 0 Å². The molecule has 0 aliphatic heterocycles. The monoisotopic (exact) mass is 208 g/mol. The van der Waals surface area contributed by atoms with E-state index in [-0.39, 0.29) is 0 Å². The molecular weight excluding hydrogens is 196 g/mol. The summed E-state index contributed by atoms with van der Waals surface area (Å²) in [5.74, 6) is -4.16. The van der Waals surface area contributed by atoms with Crippen molar-refractivity contribution >= 4 is 11.9 Å². The Labute approximate surface area is 87.2 Å². The minimum Gasteiger partial charge on any atom is -0.481 e. The summed E-state index contributed by atoms with van der Waals surface area (Å²) in [5.41, 5.74) is 0.514. The van der Waals surface area contributed by atoms with Crippen LogP contribution in [-0.4, -0.2) is 22.2 Å². The topological polar surface area (TPSA) is 74.6 Å². The first-order chi connectivity index (χ1) is 7.04.